The predicted octanol–water partition coefficient (Wildman–Crippen LogP) is 2.97. The fourth-order valence-corrected chi connectivity index (χ4v) is 0.995. The molecule has 0 aromatic carbocycles. The first kappa shape index (κ1) is 12.5. The van der Waals surface area contributed by atoms with Crippen molar-refractivity contribution in [3.05, 3.63) is 0 Å². The van der Waals surface area contributed by atoms with E-state index in [9.17, 15) is 0 Å². The van der Waals surface area contributed by atoms with Crippen molar-refractivity contribution < 1.29 is 0 Å². The number of hydrogen-bond acceptors (Lipinski definition) is 1. The molecule has 0 spiro atoms. The molecule has 0 fully saturated rings. The van der Waals surface area contributed by atoms with Gasteiger partial charge in [-0.3, -0.25) is 4.99 Å². The van der Waals surface area contributed by atoms with E-state index < -0.39 is 0 Å². The van der Waals surface area contributed by atoms with Gasteiger partial charge in [0.1, 0.15) is 0 Å². The van der Waals surface area contributed by atoms with Crippen LogP contribution in [0.25, 0.3) is 0 Å². The number of rotatable bonds is 4. The lowest BCUT2D eigenvalue weighted by molar-refractivity contribution is 0.560. The van der Waals surface area contributed by atoms with Gasteiger partial charge in [-0.1, -0.05) is 40.5 Å². The van der Waals surface area contributed by atoms with Crippen molar-refractivity contribution in [1.82, 2.24) is 0 Å². The lowest BCUT2D eigenvalue weighted by Crippen LogP contribution is -2.30. The number of nitrogens with zero attached hydrogens (tertiary/aromatic N) is 1. The molecule has 2 N–H and O–H groups in total. The summed E-state index contributed by atoms with van der Waals surface area (Å²) in [4.78, 5) is 4.48. The van der Waals surface area contributed by atoms with Crippen LogP contribution in [0.5, 0.6) is 0 Å². The molecule has 0 saturated heterocycles. The van der Waals surface area contributed by atoms with Gasteiger partial charge in [-0.2, -0.15) is 0 Å². The van der Waals surface area contributed by atoms with E-state index in [0.717, 1.165) is 12.3 Å². The van der Waals surface area contributed by atoms with Gasteiger partial charge in [0.05, 0.1) is 5.84 Å². The van der Waals surface area contributed by atoms with Crippen molar-refractivity contribution >= 4 is 5.84 Å². The summed E-state index contributed by atoms with van der Waals surface area (Å²) in [7, 11) is 0. The molecule has 0 aliphatic carbocycles. The second kappa shape index (κ2) is 5.25. The van der Waals surface area contributed by atoms with Crippen molar-refractivity contribution in [3.63, 3.8) is 0 Å². The number of amidine groups is 1. The molecular formula is C11H24N2. The monoisotopic (exact) mass is 184 g/mol. The summed E-state index contributed by atoms with van der Waals surface area (Å²) in [5, 5.41) is 0. The molecule has 0 aliphatic rings. The highest BCUT2D eigenvalue weighted by molar-refractivity contribution is 5.85. The Morgan fingerprint density at radius 2 is 1.92 bits per heavy atom. The molecule has 0 rings (SSSR count). The van der Waals surface area contributed by atoms with Crippen molar-refractivity contribution in [2.45, 2.75) is 59.9 Å². The summed E-state index contributed by atoms with van der Waals surface area (Å²) in [6.45, 7) is 10.6. The van der Waals surface area contributed by atoms with Crippen LogP contribution in [-0.4, -0.2) is 11.9 Å². The number of nitrogens with two attached hydrogens (primary N) is 1. The first-order valence-corrected chi connectivity index (χ1v) is 5.21. The Labute approximate surface area is 82.6 Å². The molecule has 2 nitrogen and oxygen atoms in total. The second-order valence-electron chi connectivity index (χ2n) is 4.76. The molecule has 0 heterocycles. The Bertz CT molecular complexity index is 165. The van der Waals surface area contributed by atoms with Crippen LogP contribution in [0, 0.1) is 5.41 Å². The van der Waals surface area contributed by atoms with E-state index in [2.05, 4.69) is 39.6 Å². The Morgan fingerprint density at radius 1 is 1.38 bits per heavy atom. The van der Waals surface area contributed by atoms with Gasteiger partial charge in [0.25, 0.3) is 0 Å². The quantitative estimate of drug-likeness (QED) is 0.529. The third kappa shape index (κ3) is 5.67. The van der Waals surface area contributed by atoms with Gasteiger partial charge in [0.2, 0.25) is 0 Å². The third-order valence-electron chi connectivity index (χ3n) is 2.10. The van der Waals surface area contributed by atoms with Crippen LogP contribution in [0.3, 0.4) is 0 Å². The SMILES string of the molecule is CCCCC(C)N=C(N)C(C)(C)C. The average molecular weight is 184 g/mol. The van der Waals surface area contributed by atoms with E-state index in [1.54, 1.807) is 0 Å². The molecule has 0 bridgehead atoms. The Hall–Kier alpha value is -0.530. The number of unbranched alkanes of at least 4 members (excludes halogenated alkanes) is 1. The molecule has 0 amide bonds. The molecule has 0 aromatic rings. The molecule has 0 saturated carbocycles. The molecule has 1 atom stereocenters. The number of hydrogen-bond donors (Lipinski definition) is 1. The van der Waals surface area contributed by atoms with E-state index in [-0.39, 0.29) is 5.41 Å². The highest BCUT2D eigenvalue weighted by Gasteiger charge is 2.15. The molecule has 0 aromatic heterocycles. The number of aliphatic imine (C=N–C) groups is 1. The van der Waals surface area contributed by atoms with E-state index >= 15 is 0 Å². The fourth-order valence-electron chi connectivity index (χ4n) is 0.995. The molecule has 0 aliphatic heterocycles. The zero-order chi connectivity index (χ0) is 10.5. The van der Waals surface area contributed by atoms with Crippen LogP contribution >= 0.6 is 0 Å². The van der Waals surface area contributed by atoms with Crippen LogP contribution in [-0.2, 0) is 0 Å². The lowest BCUT2D eigenvalue weighted by Gasteiger charge is -2.19. The van der Waals surface area contributed by atoms with E-state index in [1.807, 2.05) is 0 Å². The normalized spacial score (nSPS) is 15.9. The minimum Gasteiger partial charge on any atom is -0.387 e. The second-order valence-corrected chi connectivity index (χ2v) is 4.76. The van der Waals surface area contributed by atoms with E-state index in [1.165, 1.54) is 12.8 Å². The molecule has 13 heavy (non-hydrogen) atoms. The van der Waals surface area contributed by atoms with Gasteiger partial charge in [0.15, 0.2) is 0 Å². The van der Waals surface area contributed by atoms with Gasteiger partial charge < -0.3 is 5.73 Å². The predicted molar refractivity (Wildman–Crippen MR) is 60.1 cm³/mol. The summed E-state index contributed by atoms with van der Waals surface area (Å²) in [6.07, 6.45) is 3.62. The summed E-state index contributed by atoms with van der Waals surface area (Å²) in [5.41, 5.74) is 5.89. The van der Waals surface area contributed by atoms with Crippen LogP contribution in [0.1, 0.15) is 53.9 Å². The minimum atomic E-state index is 0.0144. The molecule has 0 radical (unpaired) electrons. The van der Waals surface area contributed by atoms with Gasteiger partial charge in [-0.25, -0.2) is 0 Å². The van der Waals surface area contributed by atoms with E-state index in [0.29, 0.717) is 6.04 Å². The first-order valence-electron chi connectivity index (χ1n) is 5.21. The van der Waals surface area contributed by atoms with Gasteiger partial charge in [0, 0.05) is 11.5 Å². The summed E-state index contributed by atoms with van der Waals surface area (Å²) < 4.78 is 0. The Balaban J connectivity index is 4.06. The first-order chi connectivity index (χ1) is 5.88. The van der Waals surface area contributed by atoms with E-state index in [4.69, 9.17) is 5.73 Å². The molecule has 2 heteroatoms. The largest absolute Gasteiger partial charge is 0.387 e. The van der Waals surface area contributed by atoms with Crippen LogP contribution in [0.4, 0.5) is 0 Å². The van der Waals surface area contributed by atoms with Gasteiger partial charge in [-0.15, -0.1) is 0 Å². The van der Waals surface area contributed by atoms with Crippen molar-refractivity contribution in [3.8, 4) is 0 Å². The molecular weight excluding hydrogens is 160 g/mol. The topological polar surface area (TPSA) is 38.4 Å². The van der Waals surface area contributed by atoms with Crippen LogP contribution in [0.15, 0.2) is 4.99 Å². The highest BCUT2D eigenvalue weighted by atomic mass is 14.9. The Kier molecular flexibility index (Phi) is 5.04. The third-order valence-corrected chi connectivity index (χ3v) is 2.10. The Morgan fingerprint density at radius 3 is 2.31 bits per heavy atom. The van der Waals surface area contributed by atoms with Crippen molar-refractivity contribution in [2.24, 2.45) is 16.1 Å². The van der Waals surface area contributed by atoms with Crippen LogP contribution < -0.4 is 5.73 Å². The maximum absolute atomic E-state index is 5.87. The average Bonchev–Trinajstić information content (AvgIpc) is 1.99. The fraction of sp³-hybridized carbons (Fsp3) is 0.909. The summed E-state index contributed by atoms with van der Waals surface area (Å²) in [6, 6.07) is 0.374. The maximum atomic E-state index is 5.87. The molecule has 1 unspecified atom stereocenters. The maximum Gasteiger partial charge on any atom is 0.0994 e. The lowest BCUT2D eigenvalue weighted by atomic mass is 9.95. The molecule has 78 valence electrons. The standard InChI is InChI=1S/C11H24N2/c1-6-7-8-9(2)13-10(12)11(3,4)5/h9H,6-8H2,1-5H3,(H2,12,13). The summed E-state index contributed by atoms with van der Waals surface area (Å²) in [5.74, 6) is 0.774. The van der Waals surface area contributed by atoms with Gasteiger partial charge >= 0.3 is 0 Å². The smallest absolute Gasteiger partial charge is 0.0994 e. The van der Waals surface area contributed by atoms with Gasteiger partial charge in [-0.05, 0) is 13.3 Å². The summed E-state index contributed by atoms with van der Waals surface area (Å²) >= 11 is 0. The van der Waals surface area contributed by atoms with Crippen molar-refractivity contribution in [1.29, 1.82) is 0 Å². The highest BCUT2D eigenvalue weighted by Crippen LogP contribution is 2.14. The van der Waals surface area contributed by atoms with Crippen molar-refractivity contribution in [2.75, 3.05) is 0 Å². The minimum absolute atomic E-state index is 0.0144. The zero-order valence-corrected chi connectivity index (χ0v) is 9.72. The zero-order valence-electron chi connectivity index (χ0n) is 9.72. The van der Waals surface area contributed by atoms with Crippen LogP contribution in [0.2, 0.25) is 0 Å².